The largest absolute Gasteiger partial charge is 0.340 e. The van der Waals surface area contributed by atoms with Crippen LogP contribution in [0.25, 0.3) is 0 Å². The van der Waals surface area contributed by atoms with Crippen LogP contribution in [0.5, 0.6) is 0 Å². The Morgan fingerprint density at radius 2 is 1.48 bits per heavy atom. The maximum absolute atomic E-state index is 12.9. The van der Waals surface area contributed by atoms with E-state index in [4.69, 9.17) is 0 Å². The molecule has 0 unspecified atom stereocenters. The number of carbonyl (C=O) groups is 1. The van der Waals surface area contributed by atoms with Gasteiger partial charge in [0.25, 0.3) is 5.56 Å². The predicted octanol–water partition coefficient (Wildman–Crippen LogP) is 2.86. The molecule has 1 aliphatic heterocycles. The van der Waals surface area contributed by atoms with Crippen molar-refractivity contribution in [3.63, 3.8) is 0 Å². The Labute approximate surface area is 182 Å². The van der Waals surface area contributed by atoms with Gasteiger partial charge in [0.05, 0.1) is 12.5 Å². The average Bonchev–Trinajstić information content (AvgIpc) is 2.78. The number of rotatable bonds is 5. The molecular formula is C25H28N4O2. The maximum atomic E-state index is 12.9. The van der Waals surface area contributed by atoms with E-state index in [1.165, 1.54) is 11.1 Å². The van der Waals surface area contributed by atoms with Gasteiger partial charge in [0.1, 0.15) is 5.82 Å². The van der Waals surface area contributed by atoms with Crippen LogP contribution < -0.4 is 5.56 Å². The number of nitrogens with zero attached hydrogens (tertiary/aromatic N) is 3. The number of hydrogen-bond donors (Lipinski definition) is 1. The minimum absolute atomic E-state index is 0.0186. The van der Waals surface area contributed by atoms with Crippen molar-refractivity contribution in [2.24, 2.45) is 0 Å². The zero-order valence-corrected chi connectivity index (χ0v) is 18.0. The summed E-state index contributed by atoms with van der Waals surface area (Å²) in [5.41, 5.74) is 3.37. The maximum Gasteiger partial charge on any atom is 0.254 e. The highest BCUT2D eigenvalue weighted by molar-refractivity contribution is 5.79. The highest BCUT2D eigenvalue weighted by Crippen LogP contribution is 2.29. The number of piperazine rings is 1. The lowest BCUT2D eigenvalue weighted by Gasteiger charge is -2.39. The van der Waals surface area contributed by atoms with Gasteiger partial charge in [-0.2, -0.15) is 0 Å². The van der Waals surface area contributed by atoms with Crippen molar-refractivity contribution in [3.8, 4) is 0 Å². The number of nitrogens with one attached hydrogen (secondary N) is 1. The van der Waals surface area contributed by atoms with E-state index in [9.17, 15) is 9.59 Å². The van der Waals surface area contributed by atoms with Crippen molar-refractivity contribution in [2.45, 2.75) is 26.3 Å². The van der Waals surface area contributed by atoms with Gasteiger partial charge < -0.3 is 9.88 Å². The number of aryl methyl sites for hydroxylation is 2. The second kappa shape index (κ2) is 9.27. The van der Waals surface area contributed by atoms with E-state index in [1.54, 1.807) is 13.8 Å². The van der Waals surface area contributed by atoms with Gasteiger partial charge in [-0.05, 0) is 25.0 Å². The molecule has 0 spiro atoms. The van der Waals surface area contributed by atoms with Gasteiger partial charge in [0.15, 0.2) is 0 Å². The topological polar surface area (TPSA) is 69.3 Å². The molecule has 0 bridgehead atoms. The van der Waals surface area contributed by atoms with Gasteiger partial charge in [-0.3, -0.25) is 14.5 Å². The molecule has 1 amide bonds. The van der Waals surface area contributed by atoms with E-state index < -0.39 is 0 Å². The molecule has 0 aliphatic carbocycles. The van der Waals surface area contributed by atoms with Crippen molar-refractivity contribution in [3.05, 3.63) is 99.2 Å². The average molecular weight is 417 g/mol. The summed E-state index contributed by atoms with van der Waals surface area (Å²) in [6, 6.07) is 21.2. The predicted molar refractivity (Wildman–Crippen MR) is 121 cm³/mol. The Morgan fingerprint density at radius 3 is 2.00 bits per heavy atom. The molecule has 3 aromatic rings. The van der Waals surface area contributed by atoms with Crippen molar-refractivity contribution in [1.29, 1.82) is 0 Å². The van der Waals surface area contributed by atoms with Gasteiger partial charge in [-0.25, -0.2) is 4.98 Å². The molecular weight excluding hydrogens is 388 g/mol. The molecule has 0 atom stereocenters. The first-order valence-electron chi connectivity index (χ1n) is 10.7. The van der Waals surface area contributed by atoms with Gasteiger partial charge in [0.2, 0.25) is 5.91 Å². The van der Waals surface area contributed by atoms with Crippen LogP contribution in [0.1, 0.15) is 34.3 Å². The molecule has 160 valence electrons. The standard InChI is InChI=1S/C25H28N4O2/c1-18-22(25(31)27-19(2)26-18)17-23(30)28-13-15-29(16-14-28)24(20-9-5-3-6-10-20)21-11-7-4-8-12-21/h3-12,24H,13-17H2,1-2H3,(H,26,27,31). The first-order valence-corrected chi connectivity index (χ1v) is 10.7. The van der Waals surface area contributed by atoms with E-state index in [0.29, 0.717) is 30.2 Å². The molecule has 6 nitrogen and oxygen atoms in total. The third-order valence-electron chi connectivity index (χ3n) is 5.93. The van der Waals surface area contributed by atoms with Gasteiger partial charge in [-0.15, -0.1) is 0 Å². The molecule has 31 heavy (non-hydrogen) atoms. The Balaban J connectivity index is 1.47. The second-order valence-corrected chi connectivity index (χ2v) is 8.03. The van der Waals surface area contributed by atoms with Crippen LogP contribution in [0.2, 0.25) is 0 Å². The Hall–Kier alpha value is -3.25. The van der Waals surface area contributed by atoms with Crippen LogP contribution in [-0.4, -0.2) is 51.9 Å². The van der Waals surface area contributed by atoms with Crippen molar-refractivity contribution in [1.82, 2.24) is 19.8 Å². The molecule has 2 heterocycles. The summed E-state index contributed by atoms with van der Waals surface area (Å²) >= 11 is 0. The summed E-state index contributed by atoms with van der Waals surface area (Å²) in [6.45, 7) is 6.38. The van der Waals surface area contributed by atoms with Crippen LogP contribution in [0, 0.1) is 13.8 Å². The molecule has 1 N–H and O–H groups in total. The summed E-state index contributed by atoms with van der Waals surface area (Å²) in [4.78, 5) is 36.5. The van der Waals surface area contributed by atoms with Gasteiger partial charge >= 0.3 is 0 Å². The summed E-state index contributed by atoms with van der Waals surface area (Å²) in [5.74, 6) is 0.551. The summed E-state index contributed by atoms with van der Waals surface area (Å²) in [7, 11) is 0. The molecule has 4 rings (SSSR count). The SMILES string of the molecule is Cc1nc(C)c(CC(=O)N2CCN(C(c3ccccc3)c3ccccc3)CC2)c(=O)[nH]1. The number of hydrogen-bond acceptors (Lipinski definition) is 4. The Kier molecular flexibility index (Phi) is 6.28. The fourth-order valence-electron chi connectivity index (χ4n) is 4.34. The zero-order valence-electron chi connectivity index (χ0n) is 18.0. The highest BCUT2D eigenvalue weighted by Gasteiger charge is 2.28. The molecule has 1 aliphatic rings. The van der Waals surface area contributed by atoms with Crippen LogP contribution in [-0.2, 0) is 11.2 Å². The highest BCUT2D eigenvalue weighted by atomic mass is 16.2. The molecule has 1 aromatic heterocycles. The van der Waals surface area contributed by atoms with E-state index in [2.05, 4.69) is 63.4 Å². The van der Waals surface area contributed by atoms with E-state index in [1.807, 2.05) is 17.0 Å². The van der Waals surface area contributed by atoms with Crippen molar-refractivity contribution in [2.75, 3.05) is 26.2 Å². The summed E-state index contributed by atoms with van der Waals surface area (Å²) in [6.07, 6.45) is 0.0925. The fraction of sp³-hybridized carbons (Fsp3) is 0.320. The Bertz CT molecular complexity index is 1050. The normalized spacial score (nSPS) is 14.7. The van der Waals surface area contributed by atoms with Gasteiger partial charge in [0, 0.05) is 37.4 Å². The minimum atomic E-state index is -0.217. The number of carbonyl (C=O) groups excluding carboxylic acids is 1. The monoisotopic (exact) mass is 416 g/mol. The lowest BCUT2D eigenvalue weighted by atomic mass is 9.96. The third-order valence-corrected chi connectivity index (χ3v) is 5.93. The van der Waals surface area contributed by atoms with Crippen molar-refractivity contribution >= 4 is 5.91 Å². The Morgan fingerprint density at radius 1 is 0.935 bits per heavy atom. The van der Waals surface area contributed by atoms with Crippen LogP contribution >= 0.6 is 0 Å². The van der Waals surface area contributed by atoms with Crippen LogP contribution in [0.15, 0.2) is 65.5 Å². The third kappa shape index (κ3) is 4.75. The first-order chi connectivity index (χ1) is 15.0. The number of aromatic nitrogens is 2. The molecule has 2 aromatic carbocycles. The molecule has 0 radical (unpaired) electrons. The number of H-pyrrole nitrogens is 1. The van der Waals surface area contributed by atoms with E-state index in [0.717, 1.165) is 13.1 Å². The number of aromatic amines is 1. The second-order valence-electron chi connectivity index (χ2n) is 8.03. The first kappa shape index (κ1) is 21.0. The number of amides is 1. The van der Waals surface area contributed by atoms with Crippen LogP contribution in [0.3, 0.4) is 0 Å². The molecule has 1 saturated heterocycles. The quantitative estimate of drug-likeness (QED) is 0.694. The lowest BCUT2D eigenvalue weighted by Crippen LogP contribution is -2.50. The van der Waals surface area contributed by atoms with Crippen molar-refractivity contribution < 1.29 is 4.79 Å². The zero-order chi connectivity index (χ0) is 21.8. The fourth-order valence-corrected chi connectivity index (χ4v) is 4.34. The van der Waals surface area contributed by atoms with Crippen LogP contribution in [0.4, 0.5) is 0 Å². The lowest BCUT2D eigenvalue weighted by molar-refractivity contribution is -0.132. The van der Waals surface area contributed by atoms with E-state index >= 15 is 0 Å². The summed E-state index contributed by atoms with van der Waals surface area (Å²) in [5, 5.41) is 0. The molecule has 1 fully saturated rings. The minimum Gasteiger partial charge on any atom is -0.340 e. The smallest absolute Gasteiger partial charge is 0.254 e. The molecule has 0 saturated carbocycles. The van der Waals surface area contributed by atoms with E-state index in [-0.39, 0.29) is 23.9 Å². The molecule has 6 heteroatoms. The number of benzene rings is 2. The summed E-state index contributed by atoms with van der Waals surface area (Å²) < 4.78 is 0. The van der Waals surface area contributed by atoms with Gasteiger partial charge in [-0.1, -0.05) is 60.7 Å².